The van der Waals surface area contributed by atoms with E-state index >= 15 is 0 Å². The molecular weight excluding hydrogens is 489 g/mol. The zero-order chi connectivity index (χ0) is 19.3. The molecule has 0 aromatic heterocycles. The van der Waals surface area contributed by atoms with Crippen molar-refractivity contribution < 1.29 is 8.42 Å². The third-order valence-corrected chi connectivity index (χ3v) is 7.07. The van der Waals surface area contributed by atoms with Gasteiger partial charge in [0, 0.05) is 45.8 Å². The van der Waals surface area contributed by atoms with Crippen molar-refractivity contribution in [2.24, 2.45) is 4.99 Å². The fraction of sp³-hybridized carbons (Fsp3) is 0.526. The number of sulfonamides is 1. The molecule has 1 saturated heterocycles. The maximum Gasteiger partial charge on any atom is 0.243 e. The van der Waals surface area contributed by atoms with Crippen LogP contribution in [0.15, 0.2) is 46.3 Å². The van der Waals surface area contributed by atoms with Gasteiger partial charge in [0.2, 0.25) is 10.0 Å². The zero-order valence-electron chi connectivity index (χ0n) is 16.5. The van der Waals surface area contributed by atoms with Gasteiger partial charge >= 0.3 is 0 Å². The molecule has 1 aromatic carbocycles. The van der Waals surface area contributed by atoms with Crippen molar-refractivity contribution in [2.45, 2.75) is 30.3 Å². The molecule has 156 valence electrons. The number of aliphatic imine (C=N–C) groups is 1. The van der Waals surface area contributed by atoms with Crippen molar-refractivity contribution in [3.63, 3.8) is 0 Å². The van der Waals surface area contributed by atoms with E-state index in [0.717, 1.165) is 31.5 Å². The van der Waals surface area contributed by atoms with Gasteiger partial charge in [-0.05, 0) is 31.5 Å². The molecule has 28 heavy (non-hydrogen) atoms. The summed E-state index contributed by atoms with van der Waals surface area (Å²) >= 11 is 0. The number of benzene rings is 1. The number of likely N-dealkylation sites (N-methyl/N-ethyl adjacent to an activating group) is 1. The predicted octanol–water partition coefficient (Wildman–Crippen LogP) is 1.62. The average Bonchev–Trinajstić information content (AvgIpc) is 3.19. The Morgan fingerprint density at radius 1 is 1.14 bits per heavy atom. The van der Waals surface area contributed by atoms with E-state index in [-0.39, 0.29) is 24.0 Å². The molecule has 9 heteroatoms. The van der Waals surface area contributed by atoms with E-state index in [0.29, 0.717) is 36.5 Å². The van der Waals surface area contributed by atoms with Gasteiger partial charge < -0.3 is 15.5 Å². The van der Waals surface area contributed by atoms with Crippen molar-refractivity contribution >= 4 is 40.0 Å². The Balaban J connectivity index is 0.00000280. The van der Waals surface area contributed by atoms with Crippen LogP contribution in [0, 0.1) is 0 Å². The Morgan fingerprint density at radius 3 is 2.43 bits per heavy atom. The van der Waals surface area contributed by atoms with Gasteiger partial charge in [0.25, 0.3) is 0 Å². The monoisotopic (exact) mass is 519 g/mol. The van der Waals surface area contributed by atoms with Gasteiger partial charge in [-0.25, -0.2) is 8.42 Å². The molecule has 0 amide bonds. The van der Waals surface area contributed by atoms with Gasteiger partial charge in [-0.15, -0.1) is 24.0 Å². The predicted molar refractivity (Wildman–Crippen MR) is 124 cm³/mol. The van der Waals surface area contributed by atoms with Crippen LogP contribution in [0.2, 0.25) is 0 Å². The summed E-state index contributed by atoms with van der Waals surface area (Å²) in [5.41, 5.74) is 0.754. The van der Waals surface area contributed by atoms with Crippen LogP contribution in [0.25, 0.3) is 0 Å². The average molecular weight is 519 g/mol. The topological polar surface area (TPSA) is 77.0 Å². The number of rotatable bonds is 5. The number of hydrogen-bond acceptors (Lipinski definition) is 4. The number of piperazine rings is 1. The summed E-state index contributed by atoms with van der Waals surface area (Å²) in [5, 5.41) is 6.63. The third kappa shape index (κ3) is 5.68. The molecule has 1 aromatic rings. The highest BCUT2D eigenvalue weighted by Crippen LogP contribution is 2.21. The highest BCUT2D eigenvalue weighted by Gasteiger charge is 2.29. The highest BCUT2D eigenvalue weighted by atomic mass is 127. The minimum absolute atomic E-state index is 0. The molecule has 0 saturated carbocycles. The smallest absolute Gasteiger partial charge is 0.243 e. The Labute approximate surface area is 185 Å². The summed E-state index contributed by atoms with van der Waals surface area (Å²) in [6, 6.07) is 7.56. The lowest BCUT2D eigenvalue weighted by atomic mass is 10.2. The van der Waals surface area contributed by atoms with Gasteiger partial charge in [0.1, 0.15) is 0 Å². The summed E-state index contributed by atoms with van der Waals surface area (Å²) in [6.45, 7) is 2.97. The normalized spacial score (nSPS) is 19.4. The standard InChI is InChI=1S/C19H29N5O2S.HI/c1-20-19(22-17-8-4-5-9-17)21-15-16-7-3-6-10-18(16)27(25,26)24-13-11-23(2)12-14-24;/h3-7,10,17H,8-9,11-15H2,1-2H3,(H2,20,21,22);1H. The van der Waals surface area contributed by atoms with Crippen LogP contribution in [-0.4, -0.2) is 69.9 Å². The van der Waals surface area contributed by atoms with E-state index in [1.165, 1.54) is 0 Å². The quantitative estimate of drug-likeness (QED) is 0.268. The van der Waals surface area contributed by atoms with Crippen LogP contribution in [0.5, 0.6) is 0 Å². The van der Waals surface area contributed by atoms with Crippen LogP contribution in [0.1, 0.15) is 18.4 Å². The molecule has 1 aliphatic heterocycles. The van der Waals surface area contributed by atoms with E-state index in [2.05, 4.69) is 32.7 Å². The second-order valence-corrected chi connectivity index (χ2v) is 8.93. The van der Waals surface area contributed by atoms with Crippen LogP contribution in [-0.2, 0) is 16.6 Å². The largest absolute Gasteiger partial charge is 0.353 e. The molecule has 0 atom stereocenters. The van der Waals surface area contributed by atoms with Crippen LogP contribution in [0.3, 0.4) is 0 Å². The summed E-state index contributed by atoms with van der Waals surface area (Å²) in [5.74, 6) is 0.690. The van der Waals surface area contributed by atoms with Crippen LogP contribution < -0.4 is 10.6 Å². The van der Waals surface area contributed by atoms with Crippen molar-refractivity contribution in [1.29, 1.82) is 0 Å². The molecule has 0 radical (unpaired) electrons. The van der Waals surface area contributed by atoms with E-state index in [4.69, 9.17) is 0 Å². The Kier molecular flexibility index (Phi) is 8.72. The fourth-order valence-corrected chi connectivity index (χ4v) is 5.02. The Morgan fingerprint density at radius 2 is 1.79 bits per heavy atom. The first-order valence-electron chi connectivity index (χ1n) is 9.39. The second-order valence-electron chi connectivity index (χ2n) is 7.02. The van der Waals surface area contributed by atoms with E-state index < -0.39 is 10.0 Å². The second kappa shape index (κ2) is 10.6. The Hall–Kier alpha value is -1.17. The highest BCUT2D eigenvalue weighted by molar-refractivity contribution is 14.0. The number of nitrogens with one attached hydrogen (secondary N) is 2. The summed E-state index contributed by atoms with van der Waals surface area (Å²) in [6.07, 6.45) is 6.27. The molecule has 7 nitrogen and oxygen atoms in total. The number of halogens is 1. The van der Waals surface area contributed by atoms with Crippen molar-refractivity contribution in [1.82, 2.24) is 19.8 Å². The third-order valence-electron chi connectivity index (χ3n) is 5.07. The van der Waals surface area contributed by atoms with E-state index in [1.807, 2.05) is 19.2 Å². The lowest BCUT2D eigenvalue weighted by Crippen LogP contribution is -2.47. The molecule has 1 fully saturated rings. The van der Waals surface area contributed by atoms with Gasteiger partial charge in [0.15, 0.2) is 5.96 Å². The van der Waals surface area contributed by atoms with Gasteiger partial charge in [0.05, 0.1) is 4.90 Å². The lowest BCUT2D eigenvalue weighted by molar-refractivity contribution is 0.222. The Bertz CT molecular complexity index is 796. The first kappa shape index (κ1) is 23.1. The SMILES string of the molecule is CN=C(NCc1ccccc1S(=O)(=O)N1CCN(C)CC1)NC1CC=CC1.I. The summed E-state index contributed by atoms with van der Waals surface area (Å²) < 4.78 is 27.9. The summed E-state index contributed by atoms with van der Waals surface area (Å²) in [7, 11) is 0.244. The molecule has 2 N–H and O–H groups in total. The maximum absolute atomic E-state index is 13.1. The first-order valence-corrected chi connectivity index (χ1v) is 10.8. The molecule has 2 aliphatic rings. The number of nitrogens with zero attached hydrogens (tertiary/aromatic N) is 3. The molecule has 0 bridgehead atoms. The minimum atomic E-state index is -3.50. The molecule has 0 unspecified atom stereocenters. The van der Waals surface area contributed by atoms with Gasteiger partial charge in [-0.2, -0.15) is 4.31 Å². The van der Waals surface area contributed by atoms with Crippen molar-refractivity contribution in [3.05, 3.63) is 42.0 Å². The minimum Gasteiger partial charge on any atom is -0.353 e. The zero-order valence-corrected chi connectivity index (χ0v) is 19.6. The van der Waals surface area contributed by atoms with Crippen LogP contribution in [0.4, 0.5) is 0 Å². The molecule has 1 aliphatic carbocycles. The van der Waals surface area contributed by atoms with Crippen molar-refractivity contribution in [3.8, 4) is 0 Å². The molecule has 0 spiro atoms. The lowest BCUT2D eigenvalue weighted by Gasteiger charge is -2.32. The van der Waals surface area contributed by atoms with E-state index in [9.17, 15) is 8.42 Å². The molecular formula is C19H30IN5O2S. The van der Waals surface area contributed by atoms with Crippen molar-refractivity contribution in [2.75, 3.05) is 40.3 Å². The fourth-order valence-electron chi connectivity index (χ4n) is 3.37. The van der Waals surface area contributed by atoms with Gasteiger partial charge in [-0.1, -0.05) is 30.4 Å². The maximum atomic E-state index is 13.1. The molecule has 1 heterocycles. The number of guanidine groups is 1. The summed E-state index contributed by atoms with van der Waals surface area (Å²) in [4.78, 5) is 6.78. The molecule has 3 rings (SSSR count). The van der Waals surface area contributed by atoms with Crippen LogP contribution >= 0.6 is 24.0 Å². The van der Waals surface area contributed by atoms with E-state index in [1.54, 1.807) is 23.5 Å². The number of hydrogen-bond donors (Lipinski definition) is 2. The van der Waals surface area contributed by atoms with Gasteiger partial charge in [-0.3, -0.25) is 4.99 Å². The first-order chi connectivity index (χ1) is 13.0.